The Morgan fingerprint density at radius 3 is 3.23 bits per heavy atom. The second-order valence-corrected chi connectivity index (χ2v) is 2.85. The number of rotatable bonds is 1. The molecule has 2 heterocycles. The Morgan fingerprint density at radius 2 is 2.46 bits per heavy atom. The Hall–Kier alpha value is -1.58. The lowest BCUT2D eigenvalue weighted by Crippen LogP contribution is -2.26. The lowest BCUT2D eigenvalue weighted by atomic mass is 10.2. The van der Waals surface area contributed by atoms with Gasteiger partial charge in [0.1, 0.15) is 5.69 Å². The van der Waals surface area contributed by atoms with E-state index < -0.39 is 0 Å². The number of ether oxygens (including phenoxy) is 1. The summed E-state index contributed by atoms with van der Waals surface area (Å²) < 4.78 is 5.16. The van der Waals surface area contributed by atoms with E-state index in [0.29, 0.717) is 11.6 Å². The number of fused-ring (bicyclic) bond motifs is 1. The minimum absolute atomic E-state index is 0.0627. The van der Waals surface area contributed by atoms with E-state index in [9.17, 15) is 4.79 Å². The fraction of sp³-hybridized carbons (Fsp3) is 0.333. The zero-order valence-electron chi connectivity index (χ0n) is 7.33. The van der Waals surface area contributed by atoms with E-state index in [1.807, 2.05) is 19.1 Å². The van der Waals surface area contributed by atoms with Crippen LogP contribution in [-0.2, 0) is 11.2 Å². The van der Waals surface area contributed by atoms with Crippen LogP contribution in [0.25, 0.3) is 0 Å². The number of pyridine rings is 1. The number of anilines is 1. The van der Waals surface area contributed by atoms with Crippen molar-refractivity contribution in [2.75, 3.05) is 11.9 Å². The second-order valence-electron chi connectivity index (χ2n) is 2.85. The molecule has 0 spiro atoms. The molecule has 0 aliphatic carbocycles. The lowest BCUT2D eigenvalue weighted by molar-refractivity contribution is -0.118. The van der Waals surface area contributed by atoms with Crippen molar-refractivity contribution in [3.63, 3.8) is 0 Å². The van der Waals surface area contributed by atoms with Gasteiger partial charge >= 0.3 is 0 Å². The normalized spacial score (nSPS) is 14.4. The number of hydrogen-bond acceptors (Lipinski definition) is 3. The molecule has 0 aromatic carbocycles. The highest BCUT2D eigenvalue weighted by molar-refractivity contribution is 5.94. The molecule has 0 atom stereocenters. The Kier molecular flexibility index (Phi) is 1.88. The highest BCUT2D eigenvalue weighted by Gasteiger charge is 2.16. The average molecular weight is 178 g/mol. The second kappa shape index (κ2) is 3.05. The predicted molar refractivity (Wildman–Crippen MR) is 47.7 cm³/mol. The number of carbonyl (C=O) groups excluding carboxylic acids is 1. The molecule has 0 radical (unpaired) electrons. The third-order valence-corrected chi connectivity index (χ3v) is 1.89. The third-order valence-electron chi connectivity index (χ3n) is 1.89. The minimum Gasteiger partial charge on any atom is -0.466 e. The molecule has 0 fully saturated rings. The van der Waals surface area contributed by atoms with Crippen molar-refractivity contribution in [2.24, 2.45) is 0 Å². The van der Waals surface area contributed by atoms with Crippen molar-refractivity contribution in [1.82, 2.24) is 4.98 Å². The zero-order valence-corrected chi connectivity index (χ0v) is 7.33. The van der Waals surface area contributed by atoms with Crippen molar-refractivity contribution in [3.05, 3.63) is 17.8 Å². The van der Waals surface area contributed by atoms with Gasteiger partial charge in [0, 0.05) is 5.69 Å². The Bertz CT molecular complexity index is 349. The maximum absolute atomic E-state index is 10.9. The van der Waals surface area contributed by atoms with Gasteiger partial charge in [0.2, 0.25) is 5.88 Å². The quantitative estimate of drug-likeness (QED) is 0.697. The monoisotopic (exact) mass is 178 g/mol. The van der Waals surface area contributed by atoms with Crippen LogP contribution in [0.4, 0.5) is 5.69 Å². The maximum Gasteiger partial charge on any atom is 0.262 e. The SMILES string of the molecule is CCc1ccc2c(n1)OCC(=O)N2. The number of amides is 1. The summed E-state index contributed by atoms with van der Waals surface area (Å²) in [5, 5.41) is 2.68. The van der Waals surface area contributed by atoms with Crippen molar-refractivity contribution in [1.29, 1.82) is 0 Å². The van der Waals surface area contributed by atoms with Crippen LogP contribution in [0.2, 0.25) is 0 Å². The molecular weight excluding hydrogens is 168 g/mol. The van der Waals surface area contributed by atoms with E-state index in [4.69, 9.17) is 4.74 Å². The number of nitrogens with zero attached hydrogens (tertiary/aromatic N) is 1. The molecule has 0 bridgehead atoms. The van der Waals surface area contributed by atoms with Gasteiger partial charge < -0.3 is 10.1 Å². The Balaban J connectivity index is 2.36. The number of carbonyl (C=O) groups is 1. The van der Waals surface area contributed by atoms with Crippen molar-refractivity contribution in [2.45, 2.75) is 13.3 Å². The number of aromatic nitrogens is 1. The first-order valence-electron chi connectivity index (χ1n) is 4.22. The summed E-state index contributed by atoms with van der Waals surface area (Å²) in [6.45, 7) is 2.09. The summed E-state index contributed by atoms with van der Waals surface area (Å²) in [6.07, 6.45) is 0.866. The van der Waals surface area contributed by atoms with Gasteiger partial charge in [0.05, 0.1) is 0 Å². The van der Waals surface area contributed by atoms with E-state index in [-0.39, 0.29) is 12.5 Å². The van der Waals surface area contributed by atoms with Gasteiger partial charge in [-0.3, -0.25) is 4.79 Å². The first-order valence-corrected chi connectivity index (χ1v) is 4.22. The van der Waals surface area contributed by atoms with Crippen LogP contribution in [0.1, 0.15) is 12.6 Å². The largest absolute Gasteiger partial charge is 0.466 e. The van der Waals surface area contributed by atoms with Gasteiger partial charge in [-0.05, 0) is 18.6 Å². The highest BCUT2D eigenvalue weighted by Crippen LogP contribution is 2.24. The average Bonchev–Trinajstić information content (AvgIpc) is 2.17. The smallest absolute Gasteiger partial charge is 0.262 e. The first-order chi connectivity index (χ1) is 6.29. The van der Waals surface area contributed by atoms with Crippen LogP contribution < -0.4 is 10.1 Å². The molecule has 1 N–H and O–H groups in total. The van der Waals surface area contributed by atoms with E-state index in [1.165, 1.54) is 0 Å². The van der Waals surface area contributed by atoms with Gasteiger partial charge in [0.25, 0.3) is 5.91 Å². The summed E-state index contributed by atoms with van der Waals surface area (Å²) in [7, 11) is 0. The first kappa shape index (κ1) is 8.04. The van der Waals surface area contributed by atoms with E-state index in [1.54, 1.807) is 0 Å². The van der Waals surface area contributed by atoms with Gasteiger partial charge in [0.15, 0.2) is 6.61 Å². The summed E-state index contributed by atoms with van der Waals surface area (Å²) in [4.78, 5) is 15.1. The van der Waals surface area contributed by atoms with Gasteiger partial charge in [-0.2, -0.15) is 0 Å². The van der Waals surface area contributed by atoms with Crippen molar-refractivity contribution < 1.29 is 9.53 Å². The third kappa shape index (κ3) is 1.47. The molecule has 1 aromatic heterocycles. The summed E-state index contributed by atoms with van der Waals surface area (Å²) in [6, 6.07) is 3.70. The molecule has 1 amide bonds. The molecule has 0 unspecified atom stereocenters. The molecule has 0 saturated carbocycles. The molecule has 1 aliphatic heterocycles. The number of hydrogen-bond donors (Lipinski definition) is 1. The number of aryl methyl sites for hydroxylation is 1. The molecule has 13 heavy (non-hydrogen) atoms. The van der Waals surface area contributed by atoms with Crippen LogP contribution in [0, 0.1) is 0 Å². The standard InChI is InChI=1S/C9H10N2O2/c1-2-6-3-4-7-9(10-6)13-5-8(12)11-7/h3-4H,2,5H2,1H3,(H,11,12). The molecule has 4 heteroatoms. The zero-order chi connectivity index (χ0) is 9.26. The van der Waals surface area contributed by atoms with Crippen LogP contribution in [0.5, 0.6) is 5.88 Å². The van der Waals surface area contributed by atoms with Crippen molar-refractivity contribution in [3.8, 4) is 5.88 Å². The Morgan fingerprint density at radius 1 is 1.62 bits per heavy atom. The van der Waals surface area contributed by atoms with Gasteiger partial charge in [-0.15, -0.1) is 0 Å². The number of nitrogens with one attached hydrogen (secondary N) is 1. The fourth-order valence-electron chi connectivity index (χ4n) is 1.20. The van der Waals surface area contributed by atoms with Gasteiger partial charge in [-0.1, -0.05) is 6.92 Å². The fourth-order valence-corrected chi connectivity index (χ4v) is 1.20. The summed E-state index contributed by atoms with van der Waals surface area (Å²) in [5.41, 5.74) is 1.63. The maximum atomic E-state index is 10.9. The van der Waals surface area contributed by atoms with E-state index in [2.05, 4.69) is 10.3 Å². The Labute approximate surface area is 75.9 Å². The molecule has 0 saturated heterocycles. The molecule has 68 valence electrons. The van der Waals surface area contributed by atoms with Crippen LogP contribution in [0.15, 0.2) is 12.1 Å². The molecule has 1 aliphatic rings. The molecule has 4 nitrogen and oxygen atoms in total. The minimum atomic E-state index is -0.126. The van der Waals surface area contributed by atoms with E-state index in [0.717, 1.165) is 12.1 Å². The van der Waals surface area contributed by atoms with Gasteiger partial charge in [-0.25, -0.2) is 4.98 Å². The molecular formula is C9H10N2O2. The topological polar surface area (TPSA) is 51.2 Å². The lowest BCUT2D eigenvalue weighted by Gasteiger charge is -2.16. The predicted octanol–water partition coefficient (Wildman–Crippen LogP) is 0.975. The summed E-state index contributed by atoms with van der Waals surface area (Å²) in [5.74, 6) is 0.400. The highest BCUT2D eigenvalue weighted by atomic mass is 16.5. The van der Waals surface area contributed by atoms with Crippen LogP contribution in [-0.4, -0.2) is 17.5 Å². The van der Waals surface area contributed by atoms with Crippen molar-refractivity contribution >= 4 is 11.6 Å². The summed E-state index contributed by atoms with van der Waals surface area (Å²) >= 11 is 0. The van der Waals surface area contributed by atoms with E-state index >= 15 is 0 Å². The molecule has 2 rings (SSSR count). The molecule has 1 aromatic rings. The van der Waals surface area contributed by atoms with Crippen LogP contribution >= 0.6 is 0 Å². The van der Waals surface area contributed by atoms with Crippen LogP contribution in [0.3, 0.4) is 0 Å².